The number of hydrogen-bond acceptors (Lipinski definition) is 2. The van der Waals surface area contributed by atoms with E-state index in [0.717, 1.165) is 22.2 Å². The van der Waals surface area contributed by atoms with Crippen molar-refractivity contribution in [2.75, 3.05) is 21.2 Å². The van der Waals surface area contributed by atoms with Crippen LogP contribution in [0.3, 0.4) is 0 Å². The van der Waals surface area contributed by atoms with Gasteiger partial charge in [0, 0.05) is 31.7 Å². The van der Waals surface area contributed by atoms with Gasteiger partial charge in [-0.1, -0.05) is 0 Å². The van der Waals surface area contributed by atoms with Crippen molar-refractivity contribution in [3.05, 3.63) is 30.0 Å². The van der Waals surface area contributed by atoms with Crippen molar-refractivity contribution in [2.45, 2.75) is 13.5 Å². The molecular weight excluding hydrogens is 228 g/mol. The Morgan fingerprint density at radius 2 is 2.11 bits per heavy atom. The maximum atomic E-state index is 11.7. The lowest BCUT2D eigenvalue weighted by Gasteiger charge is -2.12. The summed E-state index contributed by atoms with van der Waals surface area (Å²) >= 11 is 0. The van der Waals surface area contributed by atoms with Crippen LogP contribution >= 0.6 is 0 Å². The van der Waals surface area contributed by atoms with Crippen LogP contribution in [0.25, 0.3) is 10.9 Å². The molecule has 0 saturated heterocycles. The van der Waals surface area contributed by atoms with E-state index in [1.165, 1.54) is 0 Å². The number of carbonyl (C=O) groups excluding carboxylic acids is 1. The molecule has 1 aromatic carbocycles. The molecule has 0 aliphatic rings. The predicted octanol–water partition coefficient (Wildman–Crippen LogP) is 2.05. The van der Waals surface area contributed by atoms with Gasteiger partial charge in [-0.05, 0) is 24.6 Å². The molecule has 0 saturated carbocycles. The Morgan fingerprint density at radius 1 is 1.39 bits per heavy atom. The van der Waals surface area contributed by atoms with E-state index in [1.807, 2.05) is 29.8 Å². The highest BCUT2D eigenvalue weighted by molar-refractivity contribution is 5.85. The number of aromatic nitrogens is 1. The number of nitrogens with zero attached hydrogens (tertiary/aromatic N) is 2. The van der Waals surface area contributed by atoms with Crippen molar-refractivity contribution < 1.29 is 9.53 Å². The van der Waals surface area contributed by atoms with Crippen LogP contribution in [0.4, 0.5) is 0 Å². The largest absolute Gasteiger partial charge is 0.496 e. The van der Waals surface area contributed by atoms with Crippen LogP contribution < -0.4 is 4.74 Å². The molecular formula is C14H18N2O2. The van der Waals surface area contributed by atoms with Crippen molar-refractivity contribution in [3.63, 3.8) is 0 Å². The zero-order valence-electron chi connectivity index (χ0n) is 11.2. The van der Waals surface area contributed by atoms with E-state index >= 15 is 0 Å². The molecule has 18 heavy (non-hydrogen) atoms. The van der Waals surface area contributed by atoms with Gasteiger partial charge in [-0.15, -0.1) is 0 Å². The summed E-state index contributed by atoms with van der Waals surface area (Å²) in [4.78, 5) is 13.3. The summed E-state index contributed by atoms with van der Waals surface area (Å²) in [6.45, 7) is 2.36. The zero-order chi connectivity index (χ0) is 13.3. The van der Waals surface area contributed by atoms with E-state index in [2.05, 4.69) is 6.07 Å². The fourth-order valence-electron chi connectivity index (χ4n) is 1.98. The van der Waals surface area contributed by atoms with E-state index in [4.69, 9.17) is 4.74 Å². The smallest absolute Gasteiger partial charge is 0.241 e. The topological polar surface area (TPSA) is 34.5 Å². The summed E-state index contributed by atoms with van der Waals surface area (Å²) in [6, 6.07) is 6.07. The number of aryl methyl sites for hydroxylation is 1. The number of rotatable bonds is 3. The van der Waals surface area contributed by atoms with Gasteiger partial charge in [-0.3, -0.25) is 4.79 Å². The third kappa shape index (κ3) is 2.18. The summed E-state index contributed by atoms with van der Waals surface area (Å²) in [6.07, 6.45) is 1.94. The van der Waals surface area contributed by atoms with Crippen molar-refractivity contribution in [2.24, 2.45) is 0 Å². The van der Waals surface area contributed by atoms with Crippen molar-refractivity contribution >= 4 is 16.8 Å². The normalized spacial score (nSPS) is 10.7. The van der Waals surface area contributed by atoms with E-state index < -0.39 is 0 Å². The molecule has 1 aromatic heterocycles. The van der Waals surface area contributed by atoms with Crippen LogP contribution in [0.5, 0.6) is 5.75 Å². The van der Waals surface area contributed by atoms with Gasteiger partial charge < -0.3 is 14.2 Å². The number of amides is 1. The molecule has 1 heterocycles. The molecule has 2 rings (SSSR count). The quantitative estimate of drug-likeness (QED) is 0.830. The third-order valence-corrected chi connectivity index (χ3v) is 3.09. The number of fused-ring (bicyclic) bond motifs is 1. The molecule has 4 nitrogen and oxygen atoms in total. The molecule has 0 atom stereocenters. The SMILES string of the molecule is COc1cc2c(ccn2CC(=O)N(C)C)cc1C. The number of likely N-dealkylation sites (N-methyl/N-ethyl adjacent to an activating group) is 1. The molecule has 0 radical (unpaired) electrons. The predicted molar refractivity (Wildman–Crippen MR) is 71.9 cm³/mol. The number of hydrogen-bond donors (Lipinski definition) is 0. The van der Waals surface area contributed by atoms with Crippen LogP contribution in [-0.2, 0) is 11.3 Å². The lowest BCUT2D eigenvalue weighted by Crippen LogP contribution is -2.25. The molecule has 0 fully saturated rings. The van der Waals surface area contributed by atoms with E-state index in [0.29, 0.717) is 6.54 Å². The van der Waals surface area contributed by atoms with Gasteiger partial charge in [0.25, 0.3) is 0 Å². The van der Waals surface area contributed by atoms with Crippen LogP contribution in [0.1, 0.15) is 5.56 Å². The van der Waals surface area contributed by atoms with Crippen LogP contribution in [0.2, 0.25) is 0 Å². The van der Waals surface area contributed by atoms with Crippen LogP contribution in [0, 0.1) is 6.92 Å². The minimum Gasteiger partial charge on any atom is -0.496 e. The third-order valence-electron chi connectivity index (χ3n) is 3.09. The second-order valence-electron chi connectivity index (χ2n) is 4.61. The van der Waals surface area contributed by atoms with Gasteiger partial charge in [-0.25, -0.2) is 0 Å². The average molecular weight is 246 g/mol. The van der Waals surface area contributed by atoms with E-state index in [1.54, 1.807) is 26.1 Å². The van der Waals surface area contributed by atoms with Crippen molar-refractivity contribution in [1.29, 1.82) is 0 Å². The zero-order valence-corrected chi connectivity index (χ0v) is 11.2. The average Bonchev–Trinajstić information content (AvgIpc) is 2.70. The summed E-state index contributed by atoms with van der Waals surface area (Å²) in [5, 5.41) is 1.12. The van der Waals surface area contributed by atoms with E-state index in [9.17, 15) is 4.79 Å². The Labute approximate surface area is 107 Å². The van der Waals surface area contributed by atoms with Gasteiger partial charge in [-0.2, -0.15) is 0 Å². The minimum atomic E-state index is 0.0760. The van der Waals surface area contributed by atoms with Crippen molar-refractivity contribution in [1.82, 2.24) is 9.47 Å². The first-order valence-corrected chi connectivity index (χ1v) is 5.86. The minimum absolute atomic E-state index is 0.0760. The first kappa shape index (κ1) is 12.5. The van der Waals surface area contributed by atoms with Crippen LogP contribution in [-0.4, -0.2) is 36.6 Å². The molecule has 0 N–H and O–H groups in total. The van der Waals surface area contributed by atoms with Crippen LogP contribution in [0.15, 0.2) is 24.4 Å². The fraction of sp³-hybridized carbons (Fsp3) is 0.357. The molecule has 96 valence electrons. The second kappa shape index (κ2) is 4.72. The monoisotopic (exact) mass is 246 g/mol. The maximum Gasteiger partial charge on any atom is 0.241 e. The number of carbonyl (C=O) groups is 1. The lowest BCUT2D eigenvalue weighted by molar-refractivity contribution is -0.129. The molecule has 0 aliphatic heterocycles. The summed E-state index contributed by atoms with van der Waals surface area (Å²) in [7, 11) is 5.18. The van der Waals surface area contributed by atoms with E-state index in [-0.39, 0.29) is 5.91 Å². The molecule has 0 spiro atoms. The highest BCUT2D eigenvalue weighted by Gasteiger charge is 2.10. The lowest BCUT2D eigenvalue weighted by atomic mass is 10.1. The highest BCUT2D eigenvalue weighted by Crippen LogP contribution is 2.26. The first-order valence-electron chi connectivity index (χ1n) is 5.86. The summed E-state index contributed by atoms with van der Waals surface area (Å²) in [5.41, 5.74) is 2.12. The maximum absolute atomic E-state index is 11.7. The fourth-order valence-corrected chi connectivity index (χ4v) is 1.98. The Morgan fingerprint density at radius 3 is 2.72 bits per heavy atom. The number of benzene rings is 1. The Bertz CT molecular complexity index is 585. The summed E-state index contributed by atoms with van der Waals surface area (Å²) in [5.74, 6) is 0.923. The molecule has 1 amide bonds. The number of methoxy groups -OCH3 is 1. The first-order chi connectivity index (χ1) is 8.52. The van der Waals surface area contributed by atoms with Gasteiger partial charge >= 0.3 is 0 Å². The summed E-state index contributed by atoms with van der Waals surface area (Å²) < 4.78 is 7.27. The molecule has 0 aliphatic carbocycles. The van der Waals surface area contributed by atoms with Gasteiger partial charge in [0.1, 0.15) is 12.3 Å². The van der Waals surface area contributed by atoms with Gasteiger partial charge in [0.05, 0.1) is 12.6 Å². The van der Waals surface area contributed by atoms with Crippen molar-refractivity contribution in [3.8, 4) is 5.75 Å². The van der Waals surface area contributed by atoms with Gasteiger partial charge in [0.2, 0.25) is 5.91 Å². The highest BCUT2D eigenvalue weighted by atomic mass is 16.5. The Balaban J connectivity index is 2.43. The Kier molecular flexibility index (Phi) is 3.28. The molecule has 4 heteroatoms. The second-order valence-corrected chi connectivity index (χ2v) is 4.61. The number of ether oxygens (including phenoxy) is 1. The molecule has 2 aromatic rings. The Hall–Kier alpha value is -1.97. The van der Waals surface area contributed by atoms with Gasteiger partial charge in [0.15, 0.2) is 0 Å². The standard InChI is InChI=1S/C14H18N2O2/c1-10-7-11-5-6-16(9-14(17)15(2)3)12(11)8-13(10)18-4/h5-8H,9H2,1-4H3. The molecule has 0 unspecified atom stereocenters. The molecule has 0 bridgehead atoms.